The maximum Gasteiger partial charge on any atom is 0.297 e. The molecule has 0 unspecified atom stereocenters. The summed E-state index contributed by atoms with van der Waals surface area (Å²) in [6.07, 6.45) is 7.09. The molecule has 0 aliphatic carbocycles. The first-order valence-corrected chi connectivity index (χ1v) is 8.80. The summed E-state index contributed by atoms with van der Waals surface area (Å²) in [6, 6.07) is 7.44. The number of ether oxygens (including phenoxy) is 1. The van der Waals surface area contributed by atoms with E-state index in [-0.39, 0.29) is 5.91 Å². The molecular weight excluding hydrogens is 336 g/mol. The highest BCUT2D eigenvalue weighted by Gasteiger charge is 2.12. The average molecular weight is 354 g/mol. The van der Waals surface area contributed by atoms with Crippen LogP contribution in [0.3, 0.4) is 0 Å². The van der Waals surface area contributed by atoms with E-state index in [2.05, 4.69) is 16.0 Å². The molecule has 128 valence electrons. The summed E-state index contributed by atoms with van der Waals surface area (Å²) in [5, 5.41) is 4.11. The second-order valence-corrected chi connectivity index (χ2v) is 6.20. The second kappa shape index (κ2) is 7.36. The molecule has 25 heavy (non-hydrogen) atoms. The van der Waals surface area contributed by atoms with Gasteiger partial charge < -0.3 is 9.30 Å². The molecule has 3 aromatic rings. The Morgan fingerprint density at radius 2 is 2.24 bits per heavy atom. The molecule has 3 rings (SSSR count). The van der Waals surface area contributed by atoms with E-state index < -0.39 is 0 Å². The fourth-order valence-electron chi connectivity index (χ4n) is 2.55. The summed E-state index contributed by atoms with van der Waals surface area (Å²) in [7, 11) is 0. The number of carbonyl (C=O) groups is 1. The number of carbonyl (C=O) groups excluding carboxylic acids is 1. The van der Waals surface area contributed by atoms with E-state index in [0.29, 0.717) is 30.2 Å². The molecule has 2 aromatic heterocycles. The van der Waals surface area contributed by atoms with E-state index in [1.165, 1.54) is 11.3 Å². The van der Waals surface area contributed by atoms with Gasteiger partial charge in [0.15, 0.2) is 4.80 Å². The summed E-state index contributed by atoms with van der Waals surface area (Å²) in [5.41, 5.74) is 1.39. The molecule has 0 fully saturated rings. The van der Waals surface area contributed by atoms with Crippen LogP contribution in [0, 0.1) is 12.3 Å². The maximum absolute atomic E-state index is 12.5. The van der Waals surface area contributed by atoms with Crippen molar-refractivity contribution in [1.29, 1.82) is 0 Å². The average Bonchev–Trinajstić information content (AvgIpc) is 3.20. The zero-order chi connectivity index (χ0) is 17.8. The van der Waals surface area contributed by atoms with Gasteiger partial charge in [-0.05, 0) is 38.1 Å². The lowest BCUT2D eigenvalue weighted by Crippen LogP contribution is -2.18. The predicted octanol–water partition coefficient (Wildman–Crippen LogP) is 2.69. The Morgan fingerprint density at radius 1 is 1.40 bits per heavy atom. The van der Waals surface area contributed by atoms with Crippen LogP contribution >= 0.6 is 11.3 Å². The van der Waals surface area contributed by atoms with Crippen molar-refractivity contribution in [2.75, 3.05) is 6.61 Å². The number of thiazole rings is 1. The van der Waals surface area contributed by atoms with Crippen molar-refractivity contribution in [2.24, 2.45) is 4.99 Å². The van der Waals surface area contributed by atoms with Gasteiger partial charge in [-0.1, -0.05) is 17.3 Å². The van der Waals surface area contributed by atoms with Gasteiger partial charge in [0.1, 0.15) is 11.4 Å². The van der Waals surface area contributed by atoms with Crippen LogP contribution in [0.15, 0.2) is 35.5 Å². The fraction of sp³-hybridized carbons (Fsp3) is 0.278. The van der Waals surface area contributed by atoms with Gasteiger partial charge in [0, 0.05) is 12.7 Å². The lowest BCUT2D eigenvalue weighted by Gasteiger charge is -2.03. The zero-order valence-corrected chi connectivity index (χ0v) is 14.9. The molecule has 0 N–H and O–H groups in total. The zero-order valence-electron chi connectivity index (χ0n) is 14.1. The molecule has 7 heteroatoms. The van der Waals surface area contributed by atoms with Crippen molar-refractivity contribution in [3.63, 3.8) is 0 Å². The van der Waals surface area contributed by atoms with Crippen molar-refractivity contribution in [3.8, 4) is 18.1 Å². The van der Waals surface area contributed by atoms with Crippen molar-refractivity contribution in [3.05, 3.63) is 41.0 Å². The molecular formula is C18H18N4O2S. The summed E-state index contributed by atoms with van der Waals surface area (Å²) in [6.45, 7) is 5.41. The van der Waals surface area contributed by atoms with E-state index >= 15 is 0 Å². The third-order valence-electron chi connectivity index (χ3n) is 3.65. The fourth-order valence-corrected chi connectivity index (χ4v) is 3.61. The molecule has 1 aromatic carbocycles. The lowest BCUT2D eigenvalue weighted by molar-refractivity contribution is 0.0987. The third kappa shape index (κ3) is 3.35. The quantitative estimate of drug-likeness (QED) is 0.662. The topological polar surface area (TPSA) is 61.4 Å². The van der Waals surface area contributed by atoms with E-state index in [0.717, 1.165) is 16.0 Å². The van der Waals surface area contributed by atoms with Crippen LogP contribution in [-0.4, -0.2) is 26.9 Å². The van der Waals surface area contributed by atoms with E-state index in [1.54, 1.807) is 16.9 Å². The van der Waals surface area contributed by atoms with Crippen LogP contribution in [0.2, 0.25) is 0 Å². The highest BCUT2D eigenvalue weighted by Crippen LogP contribution is 2.23. The minimum Gasteiger partial charge on any atom is -0.494 e. The summed E-state index contributed by atoms with van der Waals surface area (Å²) in [5.74, 6) is 3.07. The lowest BCUT2D eigenvalue weighted by atomic mass is 10.3. The molecule has 0 aliphatic rings. The number of aromatic nitrogens is 3. The molecule has 0 atom stereocenters. The second-order valence-electron chi connectivity index (χ2n) is 5.19. The Hall–Kier alpha value is -2.85. The summed E-state index contributed by atoms with van der Waals surface area (Å²) in [4.78, 5) is 17.4. The highest BCUT2D eigenvalue weighted by molar-refractivity contribution is 7.16. The van der Waals surface area contributed by atoms with Crippen molar-refractivity contribution in [1.82, 2.24) is 14.3 Å². The first-order chi connectivity index (χ1) is 12.2. The molecule has 6 nitrogen and oxygen atoms in total. The number of rotatable bonds is 5. The SMILES string of the molecule is C#CCn1c(=NC(=O)c2ccnn2CC)sc2cc(OCC)ccc21. The van der Waals surface area contributed by atoms with E-state index in [1.807, 2.05) is 36.6 Å². The molecule has 0 aliphatic heterocycles. The number of fused-ring (bicyclic) bond motifs is 1. The molecule has 2 heterocycles. The number of aryl methyl sites for hydroxylation is 1. The van der Waals surface area contributed by atoms with Crippen LogP contribution in [0.4, 0.5) is 0 Å². The molecule has 0 saturated heterocycles. The van der Waals surface area contributed by atoms with E-state index in [9.17, 15) is 4.79 Å². The highest BCUT2D eigenvalue weighted by atomic mass is 32.1. The molecule has 0 bridgehead atoms. The maximum atomic E-state index is 12.5. The first kappa shape index (κ1) is 17.0. The Kier molecular flexibility index (Phi) is 5.00. The van der Waals surface area contributed by atoms with Gasteiger partial charge in [-0.15, -0.1) is 6.42 Å². The van der Waals surface area contributed by atoms with Gasteiger partial charge in [-0.25, -0.2) is 0 Å². The summed E-state index contributed by atoms with van der Waals surface area (Å²) < 4.78 is 9.99. The Morgan fingerprint density at radius 3 is 2.96 bits per heavy atom. The van der Waals surface area contributed by atoms with Gasteiger partial charge in [0.05, 0.1) is 23.4 Å². The van der Waals surface area contributed by atoms with Crippen LogP contribution in [-0.2, 0) is 13.1 Å². The first-order valence-electron chi connectivity index (χ1n) is 7.98. The Labute approximate surface area is 149 Å². The normalized spacial score (nSPS) is 11.6. The van der Waals surface area contributed by atoms with Gasteiger partial charge in [-0.3, -0.25) is 9.48 Å². The number of terminal acetylenes is 1. The van der Waals surface area contributed by atoms with Gasteiger partial charge >= 0.3 is 0 Å². The van der Waals surface area contributed by atoms with Crippen molar-refractivity contribution in [2.45, 2.75) is 26.9 Å². The van der Waals surface area contributed by atoms with Crippen LogP contribution in [0.25, 0.3) is 10.2 Å². The minimum absolute atomic E-state index is 0.332. The van der Waals surface area contributed by atoms with Crippen molar-refractivity contribution >= 4 is 27.5 Å². The monoisotopic (exact) mass is 354 g/mol. The van der Waals surface area contributed by atoms with E-state index in [4.69, 9.17) is 11.2 Å². The predicted molar refractivity (Wildman–Crippen MR) is 97.6 cm³/mol. The van der Waals surface area contributed by atoms with Crippen molar-refractivity contribution < 1.29 is 9.53 Å². The Balaban J connectivity index is 2.12. The third-order valence-corrected chi connectivity index (χ3v) is 4.69. The number of hydrogen-bond donors (Lipinski definition) is 0. The molecule has 1 amide bonds. The van der Waals surface area contributed by atoms with Gasteiger partial charge in [0.2, 0.25) is 0 Å². The van der Waals surface area contributed by atoms with Gasteiger partial charge in [-0.2, -0.15) is 10.1 Å². The largest absolute Gasteiger partial charge is 0.494 e. The standard InChI is InChI=1S/C18H18N4O2S/c1-4-11-21-14-8-7-13(24-6-3)12-16(14)25-18(21)20-17(23)15-9-10-19-22(15)5-2/h1,7-10,12H,5-6,11H2,2-3H3. The number of amides is 1. The molecule has 0 spiro atoms. The van der Waals surface area contributed by atoms with Crippen LogP contribution in [0.5, 0.6) is 5.75 Å². The van der Waals surface area contributed by atoms with Gasteiger partial charge in [0.25, 0.3) is 5.91 Å². The minimum atomic E-state index is -0.332. The smallest absolute Gasteiger partial charge is 0.297 e. The van der Waals surface area contributed by atoms with Crippen LogP contribution < -0.4 is 9.54 Å². The Bertz CT molecular complexity index is 1020. The molecule has 0 radical (unpaired) electrons. The summed E-state index contributed by atoms with van der Waals surface area (Å²) >= 11 is 1.41. The molecule has 0 saturated carbocycles. The number of hydrogen-bond acceptors (Lipinski definition) is 4. The number of nitrogens with zero attached hydrogens (tertiary/aromatic N) is 4. The number of benzene rings is 1. The van der Waals surface area contributed by atoms with Crippen LogP contribution in [0.1, 0.15) is 24.3 Å².